The van der Waals surface area contributed by atoms with Crippen molar-refractivity contribution in [1.82, 2.24) is 0 Å². The lowest BCUT2D eigenvalue weighted by Gasteiger charge is -2.41. The van der Waals surface area contributed by atoms with Crippen LogP contribution in [0, 0.1) is 64.6 Å². The minimum absolute atomic E-state index is 0.0156. The lowest BCUT2D eigenvalue weighted by Crippen LogP contribution is -2.43. The lowest BCUT2D eigenvalue weighted by molar-refractivity contribution is -0.165. The first-order valence-corrected chi connectivity index (χ1v) is 14.3. The summed E-state index contributed by atoms with van der Waals surface area (Å²) >= 11 is 0. The molecule has 6 fully saturated rings. The van der Waals surface area contributed by atoms with Gasteiger partial charge in [0.1, 0.15) is 12.2 Å². The van der Waals surface area contributed by atoms with Crippen LogP contribution in [0.2, 0.25) is 0 Å². The van der Waals surface area contributed by atoms with E-state index in [0.29, 0.717) is 40.9 Å². The van der Waals surface area contributed by atoms with Crippen molar-refractivity contribution in [3.05, 3.63) is 0 Å². The zero-order valence-electron chi connectivity index (χ0n) is 21.1. The van der Waals surface area contributed by atoms with E-state index in [1.807, 2.05) is 0 Å². The first-order chi connectivity index (χ1) is 15.8. The monoisotopic (exact) mass is 456 g/mol. The molecule has 33 heavy (non-hydrogen) atoms. The molecule has 6 aliphatic rings. The first-order valence-electron chi connectivity index (χ1n) is 14.3. The van der Waals surface area contributed by atoms with Gasteiger partial charge < -0.3 is 9.47 Å². The Kier molecular flexibility index (Phi) is 5.42. The number of fused-ring (bicyclic) bond motifs is 9. The minimum atomic E-state index is 0.0156. The standard InChI is InChI=1S/C29H44O4/c1-5-17(6-2)27(30)33-24-13-19-12-22(24)26-20-10-18(25(19)26)11-21(20)28(31)32-16(4)23-9-15(3)14-29(23)7-8-29/h15-26H,5-14H2,1-4H3. The fraction of sp³-hybridized carbons (Fsp3) is 0.931. The molecule has 6 aliphatic carbocycles. The van der Waals surface area contributed by atoms with Crippen LogP contribution in [0.15, 0.2) is 0 Å². The fourth-order valence-corrected chi connectivity index (χ4v) is 10.2. The highest BCUT2D eigenvalue weighted by atomic mass is 16.5. The van der Waals surface area contributed by atoms with Crippen molar-refractivity contribution >= 4 is 11.9 Å². The molecule has 1 spiro atoms. The summed E-state index contributed by atoms with van der Waals surface area (Å²) in [6.45, 7) is 8.70. The number of ether oxygens (including phenoxy) is 2. The van der Waals surface area contributed by atoms with Crippen LogP contribution in [-0.2, 0) is 19.1 Å². The number of hydrogen-bond donors (Lipinski definition) is 0. The van der Waals surface area contributed by atoms with Gasteiger partial charge in [0, 0.05) is 5.92 Å². The maximum absolute atomic E-state index is 13.4. The Morgan fingerprint density at radius 2 is 1.64 bits per heavy atom. The molecule has 0 aromatic heterocycles. The number of hydrogen-bond acceptors (Lipinski definition) is 4. The summed E-state index contributed by atoms with van der Waals surface area (Å²) in [6.07, 6.45) is 11.6. The number of rotatable bonds is 7. The Morgan fingerprint density at radius 3 is 2.33 bits per heavy atom. The molecule has 0 heterocycles. The molecule has 0 aliphatic heterocycles. The van der Waals surface area contributed by atoms with Crippen molar-refractivity contribution in [3.63, 3.8) is 0 Å². The zero-order valence-corrected chi connectivity index (χ0v) is 21.1. The van der Waals surface area contributed by atoms with Gasteiger partial charge in [0.05, 0.1) is 11.8 Å². The van der Waals surface area contributed by atoms with Gasteiger partial charge in [-0.2, -0.15) is 0 Å². The third-order valence-corrected chi connectivity index (χ3v) is 11.6. The Balaban J connectivity index is 1.11. The predicted octanol–water partition coefficient (Wildman–Crippen LogP) is 6.02. The third kappa shape index (κ3) is 3.43. The van der Waals surface area contributed by atoms with Crippen molar-refractivity contribution in [1.29, 1.82) is 0 Å². The topological polar surface area (TPSA) is 52.6 Å². The SMILES string of the molecule is CCC(CC)C(=O)OC1CC2CC1C1C3CC(CC3C(=O)OC(C)C3CC(C)CC34CC4)C21. The van der Waals surface area contributed by atoms with Crippen molar-refractivity contribution in [2.75, 3.05) is 0 Å². The van der Waals surface area contributed by atoms with Crippen LogP contribution in [0.3, 0.4) is 0 Å². The zero-order chi connectivity index (χ0) is 23.1. The molecule has 6 saturated carbocycles. The van der Waals surface area contributed by atoms with Gasteiger partial charge in [-0.05, 0) is 118 Å². The number of esters is 2. The molecule has 11 unspecified atom stereocenters. The van der Waals surface area contributed by atoms with Crippen LogP contribution in [0.5, 0.6) is 0 Å². The van der Waals surface area contributed by atoms with Gasteiger partial charge in [-0.3, -0.25) is 9.59 Å². The van der Waals surface area contributed by atoms with E-state index in [1.165, 1.54) is 38.5 Å². The quantitative estimate of drug-likeness (QED) is 0.347. The second kappa shape index (κ2) is 7.98. The normalized spacial score (nSPS) is 46.7. The summed E-state index contributed by atoms with van der Waals surface area (Å²) in [5.74, 6) is 5.27. The molecule has 0 aromatic carbocycles. The van der Waals surface area contributed by atoms with Gasteiger partial charge in [-0.15, -0.1) is 0 Å². The molecule has 184 valence electrons. The van der Waals surface area contributed by atoms with Crippen molar-refractivity contribution in [3.8, 4) is 0 Å². The third-order valence-electron chi connectivity index (χ3n) is 11.6. The van der Waals surface area contributed by atoms with Crippen LogP contribution in [-0.4, -0.2) is 24.1 Å². The van der Waals surface area contributed by atoms with E-state index in [-0.39, 0.29) is 36.0 Å². The van der Waals surface area contributed by atoms with E-state index in [4.69, 9.17) is 9.47 Å². The summed E-state index contributed by atoms with van der Waals surface area (Å²) in [4.78, 5) is 26.1. The van der Waals surface area contributed by atoms with Gasteiger partial charge in [0.25, 0.3) is 0 Å². The van der Waals surface area contributed by atoms with E-state index in [0.717, 1.165) is 37.5 Å². The van der Waals surface area contributed by atoms with Crippen molar-refractivity contribution in [2.24, 2.45) is 64.6 Å². The molecule has 0 N–H and O–H groups in total. The van der Waals surface area contributed by atoms with Gasteiger partial charge >= 0.3 is 11.9 Å². The van der Waals surface area contributed by atoms with E-state index < -0.39 is 0 Å². The van der Waals surface area contributed by atoms with Crippen LogP contribution >= 0.6 is 0 Å². The molecule has 4 nitrogen and oxygen atoms in total. The second-order valence-corrected chi connectivity index (χ2v) is 13.2. The molecular formula is C29H44O4. The number of carbonyl (C=O) groups excluding carboxylic acids is 2. The molecule has 4 heteroatoms. The summed E-state index contributed by atoms with van der Waals surface area (Å²) < 4.78 is 12.4. The van der Waals surface area contributed by atoms with Crippen LogP contribution in [0.4, 0.5) is 0 Å². The fourth-order valence-electron chi connectivity index (χ4n) is 10.2. The Morgan fingerprint density at radius 1 is 0.939 bits per heavy atom. The molecule has 4 bridgehead atoms. The maximum Gasteiger partial charge on any atom is 0.309 e. The molecule has 11 atom stereocenters. The van der Waals surface area contributed by atoms with Crippen molar-refractivity contribution in [2.45, 2.75) is 104 Å². The second-order valence-electron chi connectivity index (χ2n) is 13.2. The van der Waals surface area contributed by atoms with Gasteiger partial charge in [0.2, 0.25) is 0 Å². The summed E-state index contributed by atoms with van der Waals surface area (Å²) in [5, 5.41) is 0. The average Bonchev–Trinajstić information content (AvgIpc) is 3.24. The van der Waals surface area contributed by atoms with Crippen molar-refractivity contribution < 1.29 is 19.1 Å². The molecule has 0 amide bonds. The number of carbonyl (C=O) groups is 2. The van der Waals surface area contributed by atoms with Gasteiger partial charge in [-0.25, -0.2) is 0 Å². The molecule has 0 saturated heterocycles. The van der Waals surface area contributed by atoms with E-state index in [2.05, 4.69) is 27.7 Å². The highest BCUT2D eigenvalue weighted by Gasteiger charge is 2.67. The van der Waals surface area contributed by atoms with Crippen LogP contribution in [0.25, 0.3) is 0 Å². The Hall–Kier alpha value is -1.06. The average molecular weight is 457 g/mol. The lowest BCUT2D eigenvalue weighted by atomic mass is 9.66. The Labute approximate surface area is 199 Å². The van der Waals surface area contributed by atoms with Crippen LogP contribution < -0.4 is 0 Å². The Bertz CT molecular complexity index is 797. The van der Waals surface area contributed by atoms with Gasteiger partial charge in [-0.1, -0.05) is 20.8 Å². The first kappa shape index (κ1) is 22.4. The minimum Gasteiger partial charge on any atom is -0.462 e. The van der Waals surface area contributed by atoms with E-state index >= 15 is 0 Å². The summed E-state index contributed by atoms with van der Waals surface area (Å²) in [6, 6.07) is 0. The highest BCUT2D eigenvalue weighted by Crippen LogP contribution is 2.69. The summed E-state index contributed by atoms with van der Waals surface area (Å²) in [5.41, 5.74) is 0.495. The van der Waals surface area contributed by atoms with Crippen LogP contribution in [0.1, 0.15) is 91.9 Å². The maximum atomic E-state index is 13.4. The van der Waals surface area contributed by atoms with E-state index in [1.54, 1.807) is 0 Å². The molecule has 0 radical (unpaired) electrons. The molecular weight excluding hydrogens is 412 g/mol. The molecule has 6 rings (SSSR count). The molecule has 0 aromatic rings. The smallest absolute Gasteiger partial charge is 0.309 e. The largest absolute Gasteiger partial charge is 0.462 e. The van der Waals surface area contributed by atoms with E-state index in [9.17, 15) is 9.59 Å². The van der Waals surface area contributed by atoms with Gasteiger partial charge in [0.15, 0.2) is 0 Å². The highest BCUT2D eigenvalue weighted by molar-refractivity contribution is 5.74. The predicted molar refractivity (Wildman–Crippen MR) is 126 cm³/mol. The summed E-state index contributed by atoms with van der Waals surface area (Å²) in [7, 11) is 0.